The quantitative estimate of drug-likeness (QED) is 0.758. The first-order chi connectivity index (χ1) is 8.15. The summed E-state index contributed by atoms with van der Waals surface area (Å²) in [5, 5.41) is 0. The molecule has 0 bridgehead atoms. The molecule has 17 heavy (non-hydrogen) atoms. The number of nitrogens with zero attached hydrogens (tertiary/aromatic N) is 2. The maximum absolute atomic E-state index is 11.7. The fraction of sp³-hybridized carbons (Fsp3) is 0.846. The zero-order valence-electron chi connectivity index (χ0n) is 11.7. The molecule has 4 heteroatoms. The van der Waals surface area contributed by atoms with Gasteiger partial charge in [0.1, 0.15) is 0 Å². The minimum Gasteiger partial charge on any atom is -0.339 e. The molecule has 100 valence electrons. The van der Waals surface area contributed by atoms with E-state index in [-0.39, 0.29) is 11.8 Å². The first-order valence-corrected chi connectivity index (χ1v) is 6.68. The minimum atomic E-state index is 0.107. The Balaban J connectivity index is 0.00000121. The Hall–Kier alpha value is -1.06. The molecule has 1 heterocycles. The Morgan fingerprint density at radius 2 is 1.47 bits per heavy atom. The van der Waals surface area contributed by atoms with Gasteiger partial charge in [-0.05, 0) is 6.42 Å². The van der Waals surface area contributed by atoms with Crippen LogP contribution in [0.5, 0.6) is 0 Å². The molecule has 0 spiro atoms. The summed E-state index contributed by atoms with van der Waals surface area (Å²) < 4.78 is 0. The molecule has 1 rings (SSSR count). The van der Waals surface area contributed by atoms with E-state index in [4.69, 9.17) is 0 Å². The third-order valence-corrected chi connectivity index (χ3v) is 2.82. The Kier molecular flexibility index (Phi) is 8.46. The molecule has 0 aromatic carbocycles. The normalized spacial score (nSPS) is 15.1. The maximum Gasteiger partial charge on any atom is 0.222 e. The van der Waals surface area contributed by atoms with Crippen LogP contribution < -0.4 is 0 Å². The van der Waals surface area contributed by atoms with Gasteiger partial charge in [-0.1, -0.05) is 27.2 Å². The summed E-state index contributed by atoms with van der Waals surface area (Å²) in [5.41, 5.74) is 0. The second-order valence-corrected chi connectivity index (χ2v) is 3.99. The van der Waals surface area contributed by atoms with Crippen LogP contribution in [-0.4, -0.2) is 47.8 Å². The molecule has 0 aromatic heterocycles. The van der Waals surface area contributed by atoms with Gasteiger partial charge in [-0.2, -0.15) is 0 Å². The molecular weight excluding hydrogens is 216 g/mol. The van der Waals surface area contributed by atoms with Crippen molar-refractivity contribution in [1.82, 2.24) is 9.80 Å². The van der Waals surface area contributed by atoms with Gasteiger partial charge in [0.2, 0.25) is 11.8 Å². The number of rotatable bonds is 3. The van der Waals surface area contributed by atoms with Crippen LogP contribution in [0.25, 0.3) is 0 Å². The summed E-state index contributed by atoms with van der Waals surface area (Å²) in [6, 6.07) is 0. The van der Waals surface area contributed by atoms with E-state index >= 15 is 0 Å². The fourth-order valence-electron chi connectivity index (χ4n) is 1.76. The van der Waals surface area contributed by atoms with Crippen LogP contribution in [0.3, 0.4) is 0 Å². The van der Waals surface area contributed by atoms with Gasteiger partial charge in [-0.3, -0.25) is 9.59 Å². The third-order valence-electron chi connectivity index (χ3n) is 2.82. The molecule has 1 aliphatic rings. The molecule has 4 nitrogen and oxygen atoms in total. The Morgan fingerprint density at radius 3 is 1.88 bits per heavy atom. The van der Waals surface area contributed by atoms with E-state index in [9.17, 15) is 9.59 Å². The van der Waals surface area contributed by atoms with Crippen molar-refractivity contribution >= 4 is 11.8 Å². The Morgan fingerprint density at radius 1 is 1.00 bits per heavy atom. The molecule has 0 saturated carbocycles. The molecule has 2 amide bonds. The van der Waals surface area contributed by atoms with Gasteiger partial charge in [0.15, 0.2) is 0 Å². The van der Waals surface area contributed by atoms with Crippen LogP contribution in [0.1, 0.15) is 47.0 Å². The second kappa shape index (κ2) is 9.02. The lowest BCUT2D eigenvalue weighted by Crippen LogP contribution is -2.50. The summed E-state index contributed by atoms with van der Waals surface area (Å²) >= 11 is 0. The lowest BCUT2D eigenvalue weighted by Gasteiger charge is -2.34. The van der Waals surface area contributed by atoms with E-state index in [0.29, 0.717) is 32.6 Å². The lowest BCUT2D eigenvalue weighted by molar-refractivity contribution is -0.138. The standard InChI is InChI=1S/C11H20N2O2.C2H6/c1-3-4-5-11(15)13-8-6-12(7-9-13)10(2)14;1-2/h3-9H2,1-2H3;1-2H3. The highest BCUT2D eigenvalue weighted by Gasteiger charge is 2.21. The van der Waals surface area contributed by atoms with Gasteiger partial charge in [0, 0.05) is 39.5 Å². The Labute approximate surface area is 105 Å². The summed E-state index contributed by atoms with van der Waals surface area (Å²) in [6.07, 6.45) is 2.67. The highest BCUT2D eigenvalue weighted by molar-refractivity contribution is 5.77. The van der Waals surface area contributed by atoms with Gasteiger partial charge < -0.3 is 9.80 Å². The molecular formula is C13H26N2O2. The fourth-order valence-corrected chi connectivity index (χ4v) is 1.76. The van der Waals surface area contributed by atoms with Crippen molar-refractivity contribution in [2.75, 3.05) is 26.2 Å². The highest BCUT2D eigenvalue weighted by atomic mass is 16.2. The molecule has 0 atom stereocenters. The van der Waals surface area contributed by atoms with Gasteiger partial charge in [-0.15, -0.1) is 0 Å². The van der Waals surface area contributed by atoms with Gasteiger partial charge >= 0.3 is 0 Å². The van der Waals surface area contributed by atoms with Crippen molar-refractivity contribution in [2.45, 2.75) is 47.0 Å². The van der Waals surface area contributed by atoms with E-state index in [0.717, 1.165) is 12.8 Å². The van der Waals surface area contributed by atoms with Crippen molar-refractivity contribution in [1.29, 1.82) is 0 Å². The number of hydrogen-bond acceptors (Lipinski definition) is 2. The Bertz CT molecular complexity index is 234. The smallest absolute Gasteiger partial charge is 0.222 e. The predicted octanol–water partition coefficient (Wildman–Crippen LogP) is 1.89. The molecule has 0 aliphatic carbocycles. The molecule has 1 fully saturated rings. The van der Waals surface area contributed by atoms with E-state index < -0.39 is 0 Å². The second-order valence-electron chi connectivity index (χ2n) is 3.99. The number of carbonyl (C=O) groups is 2. The first kappa shape index (κ1) is 15.9. The molecule has 0 N–H and O–H groups in total. The third kappa shape index (κ3) is 5.71. The van der Waals surface area contributed by atoms with Crippen molar-refractivity contribution in [3.63, 3.8) is 0 Å². The number of unbranched alkanes of at least 4 members (excludes halogenated alkanes) is 1. The van der Waals surface area contributed by atoms with E-state index in [1.807, 2.05) is 18.7 Å². The van der Waals surface area contributed by atoms with Crippen molar-refractivity contribution in [3.05, 3.63) is 0 Å². The average molecular weight is 242 g/mol. The number of hydrogen-bond donors (Lipinski definition) is 0. The van der Waals surface area contributed by atoms with E-state index in [2.05, 4.69) is 6.92 Å². The molecule has 1 saturated heterocycles. The average Bonchev–Trinajstić information content (AvgIpc) is 2.38. The summed E-state index contributed by atoms with van der Waals surface area (Å²) in [7, 11) is 0. The number of carbonyl (C=O) groups excluding carboxylic acids is 2. The zero-order chi connectivity index (χ0) is 13.3. The monoisotopic (exact) mass is 242 g/mol. The summed E-state index contributed by atoms with van der Waals surface area (Å²) in [5.74, 6) is 0.343. The van der Waals surface area contributed by atoms with Crippen LogP contribution in [0, 0.1) is 0 Å². The van der Waals surface area contributed by atoms with Crippen LogP contribution >= 0.6 is 0 Å². The molecule has 0 radical (unpaired) electrons. The van der Waals surface area contributed by atoms with Crippen molar-refractivity contribution in [3.8, 4) is 0 Å². The minimum absolute atomic E-state index is 0.107. The van der Waals surface area contributed by atoms with Gasteiger partial charge in [0.05, 0.1) is 0 Å². The molecule has 0 unspecified atom stereocenters. The van der Waals surface area contributed by atoms with Crippen molar-refractivity contribution < 1.29 is 9.59 Å². The van der Waals surface area contributed by atoms with E-state index in [1.54, 1.807) is 11.8 Å². The highest BCUT2D eigenvalue weighted by Crippen LogP contribution is 2.06. The molecule has 0 aromatic rings. The van der Waals surface area contributed by atoms with Crippen LogP contribution in [0.15, 0.2) is 0 Å². The number of piperazine rings is 1. The summed E-state index contributed by atoms with van der Waals surface area (Å²) in [4.78, 5) is 26.4. The maximum atomic E-state index is 11.7. The van der Waals surface area contributed by atoms with Crippen LogP contribution in [0.2, 0.25) is 0 Å². The lowest BCUT2D eigenvalue weighted by atomic mass is 10.2. The predicted molar refractivity (Wildman–Crippen MR) is 69.7 cm³/mol. The first-order valence-electron chi connectivity index (χ1n) is 6.68. The summed E-state index contributed by atoms with van der Waals surface area (Å²) in [6.45, 7) is 10.4. The SMILES string of the molecule is CC.CCCCC(=O)N1CCN(C(C)=O)CC1. The van der Waals surface area contributed by atoms with Crippen molar-refractivity contribution in [2.24, 2.45) is 0 Å². The van der Waals surface area contributed by atoms with Crippen LogP contribution in [-0.2, 0) is 9.59 Å². The topological polar surface area (TPSA) is 40.6 Å². The van der Waals surface area contributed by atoms with E-state index in [1.165, 1.54) is 0 Å². The molecule has 1 aliphatic heterocycles. The zero-order valence-corrected chi connectivity index (χ0v) is 11.7. The van der Waals surface area contributed by atoms with Crippen LogP contribution in [0.4, 0.5) is 0 Å². The largest absolute Gasteiger partial charge is 0.339 e. The number of amides is 2. The van der Waals surface area contributed by atoms with Gasteiger partial charge in [0.25, 0.3) is 0 Å². The van der Waals surface area contributed by atoms with Gasteiger partial charge in [-0.25, -0.2) is 0 Å².